The first-order chi connectivity index (χ1) is 10.2. The summed E-state index contributed by atoms with van der Waals surface area (Å²) in [6.07, 6.45) is 7.00. The van der Waals surface area contributed by atoms with E-state index in [0.717, 1.165) is 30.6 Å². The highest BCUT2D eigenvalue weighted by molar-refractivity contribution is 6.52. The topological polar surface area (TPSA) is 55.2 Å². The smallest absolute Gasteiger partial charge is 0.299 e. The monoisotopic (exact) mass is 283 g/mol. The summed E-state index contributed by atoms with van der Waals surface area (Å²) in [5, 5.41) is 0. The molecular weight excluding hydrogens is 266 g/mol. The average molecular weight is 283 g/mol. The molecule has 1 aliphatic heterocycles. The number of hydrogen-bond donors (Lipinski definition) is 0. The number of carbonyl (C=O) groups is 2. The third-order valence-electron chi connectivity index (χ3n) is 3.80. The summed E-state index contributed by atoms with van der Waals surface area (Å²) in [7, 11) is 0. The highest BCUT2D eigenvalue weighted by atomic mass is 16.2. The Labute approximate surface area is 123 Å². The molecule has 0 N–H and O–H groups in total. The number of anilines is 1. The van der Waals surface area contributed by atoms with Gasteiger partial charge in [-0.15, -0.1) is 0 Å². The minimum atomic E-state index is -0.413. The summed E-state index contributed by atoms with van der Waals surface area (Å²) >= 11 is 0. The lowest BCUT2D eigenvalue weighted by Gasteiger charge is -2.16. The van der Waals surface area contributed by atoms with Gasteiger partial charge in [-0.25, -0.2) is 4.98 Å². The predicted octanol–water partition coefficient (Wildman–Crippen LogP) is 2.07. The number of aryl methyl sites for hydroxylation is 2. The van der Waals surface area contributed by atoms with Crippen molar-refractivity contribution in [1.29, 1.82) is 0 Å². The molecule has 21 heavy (non-hydrogen) atoms. The van der Waals surface area contributed by atoms with Gasteiger partial charge < -0.3 is 9.47 Å². The van der Waals surface area contributed by atoms with E-state index < -0.39 is 5.91 Å². The standard InChI is InChI=1S/C16H17N3O2/c1-2-12-4-5-14-13(10-12)15(20)16(21)19(14)8-3-7-18-9-6-17-11-18/h4-6,9-11H,2-3,7-8H2,1H3. The number of aromatic nitrogens is 2. The lowest BCUT2D eigenvalue weighted by Crippen LogP contribution is -2.31. The molecule has 108 valence electrons. The molecule has 0 saturated heterocycles. The molecule has 0 unspecified atom stereocenters. The molecule has 0 fully saturated rings. The normalized spacial score (nSPS) is 13.9. The van der Waals surface area contributed by atoms with Gasteiger partial charge in [0.15, 0.2) is 0 Å². The molecule has 1 aliphatic rings. The summed E-state index contributed by atoms with van der Waals surface area (Å²) in [6, 6.07) is 5.70. The Morgan fingerprint density at radius 3 is 2.76 bits per heavy atom. The van der Waals surface area contributed by atoms with E-state index in [0.29, 0.717) is 12.1 Å². The fourth-order valence-corrected chi connectivity index (χ4v) is 2.62. The molecule has 5 nitrogen and oxygen atoms in total. The first kappa shape index (κ1) is 13.5. The van der Waals surface area contributed by atoms with Crippen LogP contribution in [0.25, 0.3) is 0 Å². The molecule has 2 aromatic rings. The van der Waals surface area contributed by atoms with E-state index in [2.05, 4.69) is 4.98 Å². The predicted molar refractivity (Wildman–Crippen MR) is 79.3 cm³/mol. The van der Waals surface area contributed by atoms with Crippen LogP contribution in [-0.2, 0) is 17.8 Å². The van der Waals surface area contributed by atoms with Gasteiger partial charge in [0, 0.05) is 25.5 Å². The molecule has 1 aromatic carbocycles. The Hall–Kier alpha value is -2.43. The van der Waals surface area contributed by atoms with Gasteiger partial charge in [0.2, 0.25) is 0 Å². The summed E-state index contributed by atoms with van der Waals surface area (Å²) < 4.78 is 1.96. The Kier molecular flexibility index (Phi) is 3.56. The maximum Gasteiger partial charge on any atom is 0.299 e. The zero-order chi connectivity index (χ0) is 14.8. The number of hydrogen-bond acceptors (Lipinski definition) is 3. The van der Waals surface area contributed by atoms with Crippen LogP contribution >= 0.6 is 0 Å². The molecule has 2 heterocycles. The number of imidazole rings is 1. The summed E-state index contributed by atoms with van der Waals surface area (Å²) in [6.45, 7) is 3.35. The van der Waals surface area contributed by atoms with Crippen LogP contribution < -0.4 is 4.90 Å². The Balaban J connectivity index is 1.74. The molecule has 0 aliphatic carbocycles. The zero-order valence-electron chi connectivity index (χ0n) is 12.0. The Bertz CT molecular complexity index is 677. The highest BCUT2D eigenvalue weighted by Crippen LogP contribution is 2.30. The number of ketones is 1. The van der Waals surface area contributed by atoms with Crippen LogP contribution in [0.3, 0.4) is 0 Å². The second-order valence-electron chi connectivity index (χ2n) is 5.15. The van der Waals surface area contributed by atoms with E-state index in [9.17, 15) is 9.59 Å². The molecular formula is C16H17N3O2. The number of carbonyl (C=O) groups excluding carboxylic acids is 2. The van der Waals surface area contributed by atoms with E-state index in [-0.39, 0.29) is 5.78 Å². The van der Waals surface area contributed by atoms with E-state index in [1.54, 1.807) is 17.4 Å². The Morgan fingerprint density at radius 2 is 2.05 bits per heavy atom. The Morgan fingerprint density at radius 1 is 1.19 bits per heavy atom. The van der Waals surface area contributed by atoms with E-state index in [4.69, 9.17) is 0 Å². The van der Waals surface area contributed by atoms with Crippen molar-refractivity contribution in [3.63, 3.8) is 0 Å². The van der Waals surface area contributed by atoms with Crippen LogP contribution in [0.4, 0.5) is 5.69 Å². The van der Waals surface area contributed by atoms with Crippen LogP contribution in [0.15, 0.2) is 36.9 Å². The SMILES string of the molecule is CCc1ccc2c(c1)C(=O)C(=O)N2CCCn1ccnc1. The van der Waals surface area contributed by atoms with Crippen LogP contribution in [0, 0.1) is 0 Å². The maximum atomic E-state index is 12.1. The van der Waals surface area contributed by atoms with Crippen molar-refractivity contribution in [2.45, 2.75) is 26.3 Å². The average Bonchev–Trinajstić information content (AvgIpc) is 3.10. The van der Waals surface area contributed by atoms with Gasteiger partial charge in [0.05, 0.1) is 17.6 Å². The zero-order valence-corrected chi connectivity index (χ0v) is 12.0. The quantitative estimate of drug-likeness (QED) is 0.789. The summed E-state index contributed by atoms with van der Waals surface area (Å²) in [5.74, 6) is -0.799. The van der Waals surface area contributed by atoms with Gasteiger partial charge in [-0.05, 0) is 30.5 Å². The van der Waals surface area contributed by atoms with Crippen molar-refractivity contribution >= 4 is 17.4 Å². The number of Topliss-reactive ketones (excluding diaryl/α,β-unsaturated/α-hetero) is 1. The molecule has 1 amide bonds. The van der Waals surface area contributed by atoms with E-state index >= 15 is 0 Å². The lowest BCUT2D eigenvalue weighted by molar-refractivity contribution is -0.114. The van der Waals surface area contributed by atoms with Gasteiger partial charge >= 0.3 is 0 Å². The number of nitrogens with zero attached hydrogens (tertiary/aromatic N) is 3. The molecule has 1 aromatic heterocycles. The van der Waals surface area contributed by atoms with Crippen LogP contribution in [0.2, 0.25) is 0 Å². The summed E-state index contributed by atoms with van der Waals surface area (Å²) in [5.41, 5.74) is 2.37. The minimum absolute atomic E-state index is 0.386. The van der Waals surface area contributed by atoms with Gasteiger partial charge in [0.1, 0.15) is 0 Å². The lowest BCUT2D eigenvalue weighted by atomic mass is 10.1. The van der Waals surface area contributed by atoms with E-state index in [1.165, 1.54) is 0 Å². The van der Waals surface area contributed by atoms with Crippen molar-refractivity contribution in [3.05, 3.63) is 48.0 Å². The van der Waals surface area contributed by atoms with Crippen LogP contribution in [-0.4, -0.2) is 27.8 Å². The van der Waals surface area contributed by atoms with Crippen LogP contribution in [0.5, 0.6) is 0 Å². The van der Waals surface area contributed by atoms with Crippen LogP contribution in [0.1, 0.15) is 29.3 Å². The fraction of sp³-hybridized carbons (Fsp3) is 0.312. The largest absolute Gasteiger partial charge is 0.337 e. The number of rotatable bonds is 5. The number of amides is 1. The molecule has 0 spiro atoms. The molecule has 5 heteroatoms. The maximum absolute atomic E-state index is 12.1. The number of fused-ring (bicyclic) bond motifs is 1. The van der Waals surface area contributed by atoms with Gasteiger partial charge in [-0.1, -0.05) is 13.0 Å². The molecule has 0 radical (unpaired) electrons. The highest BCUT2D eigenvalue weighted by Gasteiger charge is 2.35. The molecule has 0 atom stereocenters. The van der Waals surface area contributed by atoms with Crippen molar-refractivity contribution in [1.82, 2.24) is 9.55 Å². The van der Waals surface area contributed by atoms with Gasteiger partial charge in [0.25, 0.3) is 11.7 Å². The first-order valence-corrected chi connectivity index (χ1v) is 7.15. The van der Waals surface area contributed by atoms with E-state index in [1.807, 2.05) is 35.9 Å². The van der Waals surface area contributed by atoms with Crippen molar-refractivity contribution < 1.29 is 9.59 Å². The number of benzene rings is 1. The van der Waals surface area contributed by atoms with Crippen molar-refractivity contribution in [2.75, 3.05) is 11.4 Å². The third kappa shape index (κ3) is 2.46. The van der Waals surface area contributed by atoms with Gasteiger partial charge in [-0.3, -0.25) is 9.59 Å². The molecule has 0 bridgehead atoms. The first-order valence-electron chi connectivity index (χ1n) is 7.15. The molecule has 3 rings (SSSR count). The second-order valence-corrected chi connectivity index (χ2v) is 5.15. The fourth-order valence-electron chi connectivity index (χ4n) is 2.62. The van der Waals surface area contributed by atoms with Crippen molar-refractivity contribution in [3.8, 4) is 0 Å². The summed E-state index contributed by atoms with van der Waals surface area (Å²) in [4.78, 5) is 29.7. The van der Waals surface area contributed by atoms with Gasteiger partial charge in [-0.2, -0.15) is 0 Å². The third-order valence-corrected chi connectivity index (χ3v) is 3.80. The second kappa shape index (κ2) is 5.52. The van der Waals surface area contributed by atoms with Crippen molar-refractivity contribution in [2.24, 2.45) is 0 Å². The minimum Gasteiger partial charge on any atom is -0.337 e. The molecule has 0 saturated carbocycles.